The maximum absolute atomic E-state index is 12.3. The van der Waals surface area contributed by atoms with Gasteiger partial charge in [-0.15, -0.1) is 0 Å². The second-order valence-electron chi connectivity index (χ2n) is 6.50. The standard InChI is InChI=1S/C19H24N2O4/c1-13(2)18-17(20-12-25-18)19(22)21-14-6-8-15(9-7-14)24-11-16-5-3-4-10-23-16/h6-9,12-13,16H,3-5,10-11H2,1-2H3,(H,21,22). The van der Waals surface area contributed by atoms with E-state index in [-0.39, 0.29) is 17.9 Å². The van der Waals surface area contributed by atoms with Gasteiger partial charge in [-0.1, -0.05) is 13.8 Å². The minimum Gasteiger partial charge on any atom is -0.491 e. The van der Waals surface area contributed by atoms with Crippen LogP contribution in [0.1, 0.15) is 55.3 Å². The fourth-order valence-electron chi connectivity index (χ4n) is 2.79. The molecule has 0 spiro atoms. The minimum absolute atomic E-state index is 0.0982. The number of hydrogen-bond acceptors (Lipinski definition) is 5. The van der Waals surface area contributed by atoms with E-state index in [1.54, 1.807) is 0 Å². The Morgan fingerprint density at radius 3 is 2.80 bits per heavy atom. The number of carbonyl (C=O) groups excluding carboxylic acids is 1. The van der Waals surface area contributed by atoms with Gasteiger partial charge in [-0.25, -0.2) is 4.98 Å². The molecule has 1 saturated heterocycles. The zero-order chi connectivity index (χ0) is 17.6. The van der Waals surface area contributed by atoms with Crippen molar-refractivity contribution in [2.24, 2.45) is 0 Å². The van der Waals surface area contributed by atoms with Crippen LogP contribution in [0.4, 0.5) is 5.69 Å². The van der Waals surface area contributed by atoms with E-state index in [9.17, 15) is 4.79 Å². The van der Waals surface area contributed by atoms with E-state index >= 15 is 0 Å². The van der Waals surface area contributed by atoms with Crippen LogP contribution < -0.4 is 10.1 Å². The van der Waals surface area contributed by atoms with E-state index in [1.807, 2.05) is 38.1 Å². The third-order valence-corrected chi connectivity index (χ3v) is 4.16. The van der Waals surface area contributed by atoms with Gasteiger partial charge < -0.3 is 19.2 Å². The third-order valence-electron chi connectivity index (χ3n) is 4.16. The van der Waals surface area contributed by atoms with Crippen LogP contribution in [0.5, 0.6) is 5.75 Å². The number of carbonyl (C=O) groups is 1. The van der Waals surface area contributed by atoms with Crippen LogP contribution in [-0.2, 0) is 4.74 Å². The highest BCUT2D eigenvalue weighted by Gasteiger charge is 2.19. The summed E-state index contributed by atoms with van der Waals surface area (Å²) in [6, 6.07) is 7.30. The fourth-order valence-corrected chi connectivity index (χ4v) is 2.79. The number of aromatic nitrogens is 1. The van der Waals surface area contributed by atoms with Crippen LogP contribution in [0.25, 0.3) is 0 Å². The largest absolute Gasteiger partial charge is 0.491 e. The summed E-state index contributed by atoms with van der Waals surface area (Å²) in [5, 5.41) is 2.83. The highest BCUT2D eigenvalue weighted by molar-refractivity contribution is 6.03. The smallest absolute Gasteiger partial charge is 0.277 e. The van der Waals surface area contributed by atoms with Crippen molar-refractivity contribution in [3.05, 3.63) is 42.1 Å². The molecule has 0 saturated carbocycles. The van der Waals surface area contributed by atoms with Gasteiger partial charge in [-0.05, 0) is 43.5 Å². The Morgan fingerprint density at radius 1 is 1.32 bits per heavy atom. The Labute approximate surface area is 147 Å². The average Bonchev–Trinajstić information content (AvgIpc) is 3.12. The van der Waals surface area contributed by atoms with E-state index in [4.69, 9.17) is 13.9 Å². The first-order chi connectivity index (χ1) is 12.1. The maximum Gasteiger partial charge on any atom is 0.277 e. The summed E-state index contributed by atoms with van der Waals surface area (Å²) in [5.74, 6) is 1.17. The molecule has 1 aromatic heterocycles. The highest BCUT2D eigenvalue weighted by atomic mass is 16.5. The lowest BCUT2D eigenvalue weighted by Gasteiger charge is -2.22. The van der Waals surface area contributed by atoms with Crippen molar-refractivity contribution >= 4 is 11.6 Å². The maximum atomic E-state index is 12.3. The van der Waals surface area contributed by atoms with Gasteiger partial charge in [-0.3, -0.25) is 4.79 Å². The number of amides is 1. The monoisotopic (exact) mass is 344 g/mol. The molecule has 1 aliphatic heterocycles. The van der Waals surface area contributed by atoms with Crippen molar-refractivity contribution in [2.75, 3.05) is 18.5 Å². The quantitative estimate of drug-likeness (QED) is 0.857. The van der Waals surface area contributed by atoms with Crippen molar-refractivity contribution in [2.45, 2.75) is 45.1 Å². The topological polar surface area (TPSA) is 73.6 Å². The second kappa shape index (κ2) is 8.16. The Balaban J connectivity index is 1.55. The molecular weight excluding hydrogens is 320 g/mol. The number of nitrogens with one attached hydrogen (secondary N) is 1. The van der Waals surface area contributed by atoms with Crippen molar-refractivity contribution in [1.29, 1.82) is 0 Å². The molecule has 2 aromatic rings. The van der Waals surface area contributed by atoms with Crippen molar-refractivity contribution in [3.8, 4) is 5.75 Å². The van der Waals surface area contributed by atoms with Gasteiger partial charge in [0.2, 0.25) is 0 Å². The van der Waals surface area contributed by atoms with Crippen LogP contribution in [0.3, 0.4) is 0 Å². The third kappa shape index (κ3) is 4.60. The van der Waals surface area contributed by atoms with Crippen LogP contribution in [0.15, 0.2) is 35.1 Å². The second-order valence-corrected chi connectivity index (χ2v) is 6.50. The van der Waals surface area contributed by atoms with E-state index in [1.165, 1.54) is 12.8 Å². The summed E-state index contributed by atoms with van der Waals surface area (Å²) in [7, 11) is 0. The molecule has 0 radical (unpaired) electrons. The summed E-state index contributed by atoms with van der Waals surface area (Å²) in [6.45, 7) is 5.29. The van der Waals surface area contributed by atoms with Gasteiger partial charge in [0, 0.05) is 18.2 Å². The Morgan fingerprint density at radius 2 is 2.12 bits per heavy atom. The summed E-state index contributed by atoms with van der Waals surface area (Å²) in [6.07, 6.45) is 4.85. The summed E-state index contributed by atoms with van der Waals surface area (Å²) >= 11 is 0. The molecule has 1 aliphatic rings. The van der Waals surface area contributed by atoms with Crippen LogP contribution in [0.2, 0.25) is 0 Å². The zero-order valence-electron chi connectivity index (χ0n) is 14.7. The van der Waals surface area contributed by atoms with Crippen molar-refractivity contribution in [1.82, 2.24) is 4.98 Å². The first-order valence-corrected chi connectivity index (χ1v) is 8.72. The molecule has 1 atom stereocenters. The Bertz CT molecular complexity index is 688. The Kier molecular flexibility index (Phi) is 5.71. The molecule has 0 bridgehead atoms. The highest BCUT2D eigenvalue weighted by Crippen LogP contribution is 2.21. The number of oxazole rings is 1. The van der Waals surface area contributed by atoms with Gasteiger partial charge in [0.15, 0.2) is 12.1 Å². The normalized spacial score (nSPS) is 17.5. The van der Waals surface area contributed by atoms with Crippen molar-refractivity contribution < 1.29 is 18.7 Å². The Hall–Kier alpha value is -2.34. The van der Waals surface area contributed by atoms with Gasteiger partial charge in [0.05, 0.1) is 6.10 Å². The summed E-state index contributed by atoms with van der Waals surface area (Å²) in [5.41, 5.74) is 1.01. The molecule has 2 heterocycles. The van der Waals surface area contributed by atoms with Crippen LogP contribution in [-0.4, -0.2) is 30.2 Å². The van der Waals surface area contributed by atoms with Crippen LogP contribution >= 0.6 is 0 Å². The lowest BCUT2D eigenvalue weighted by Crippen LogP contribution is -2.25. The number of benzene rings is 1. The van der Waals surface area contributed by atoms with Gasteiger partial charge in [0.1, 0.15) is 18.1 Å². The minimum atomic E-state index is -0.276. The molecule has 1 N–H and O–H groups in total. The van der Waals surface area contributed by atoms with Crippen molar-refractivity contribution in [3.63, 3.8) is 0 Å². The lowest BCUT2D eigenvalue weighted by atomic mass is 10.1. The number of nitrogens with zero attached hydrogens (tertiary/aromatic N) is 1. The molecule has 1 fully saturated rings. The molecule has 1 amide bonds. The van der Waals surface area contributed by atoms with Gasteiger partial charge >= 0.3 is 0 Å². The number of ether oxygens (including phenoxy) is 2. The van der Waals surface area contributed by atoms with E-state index < -0.39 is 0 Å². The first-order valence-electron chi connectivity index (χ1n) is 8.72. The number of rotatable bonds is 6. The van der Waals surface area contributed by atoms with E-state index in [0.29, 0.717) is 23.7 Å². The fraction of sp³-hybridized carbons (Fsp3) is 0.474. The molecule has 1 aromatic carbocycles. The molecule has 0 aliphatic carbocycles. The molecule has 1 unspecified atom stereocenters. The molecular formula is C19H24N2O4. The lowest BCUT2D eigenvalue weighted by molar-refractivity contribution is -0.0110. The zero-order valence-corrected chi connectivity index (χ0v) is 14.7. The summed E-state index contributed by atoms with van der Waals surface area (Å²) in [4.78, 5) is 16.4. The molecule has 134 valence electrons. The van der Waals surface area contributed by atoms with Gasteiger partial charge in [-0.2, -0.15) is 0 Å². The summed E-state index contributed by atoms with van der Waals surface area (Å²) < 4.78 is 16.7. The average molecular weight is 344 g/mol. The first kappa shape index (κ1) is 17.5. The van der Waals surface area contributed by atoms with E-state index in [2.05, 4.69) is 10.3 Å². The SMILES string of the molecule is CC(C)c1ocnc1C(=O)Nc1ccc(OCC2CCCCO2)cc1. The molecule has 3 rings (SSSR count). The van der Waals surface area contributed by atoms with Crippen LogP contribution in [0, 0.1) is 0 Å². The predicted octanol–water partition coefficient (Wildman–Crippen LogP) is 4.00. The predicted molar refractivity (Wildman–Crippen MR) is 94.1 cm³/mol. The van der Waals surface area contributed by atoms with E-state index in [0.717, 1.165) is 25.2 Å². The molecule has 6 heteroatoms. The van der Waals surface area contributed by atoms with Gasteiger partial charge in [0.25, 0.3) is 5.91 Å². The molecule has 25 heavy (non-hydrogen) atoms. The number of anilines is 1. The number of hydrogen-bond donors (Lipinski definition) is 1. The molecule has 6 nitrogen and oxygen atoms in total.